The van der Waals surface area contributed by atoms with Crippen LogP contribution in [-0.2, 0) is 20.6 Å². The Bertz CT molecular complexity index is 575. The Morgan fingerprint density at radius 1 is 1.29 bits per heavy atom. The van der Waals surface area contributed by atoms with Crippen molar-refractivity contribution in [1.82, 2.24) is 4.90 Å². The van der Waals surface area contributed by atoms with E-state index in [2.05, 4.69) is 12.1 Å². The summed E-state index contributed by atoms with van der Waals surface area (Å²) in [4.78, 5) is 13.6. The second-order valence-electron chi connectivity index (χ2n) is 5.28. The minimum Gasteiger partial charge on any atom is -0.342 e. The Labute approximate surface area is 129 Å². The Hall–Kier alpha value is -1.05. The van der Waals surface area contributed by atoms with E-state index in [1.807, 2.05) is 18.2 Å². The van der Waals surface area contributed by atoms with Crippen LogP contribution in [0.1, 0.15) is 12.0 Å². The zero-order chi connectivity index (χ0) is 15.3. The van der Waals surface area contributed by atoms with Crippen molar-refractivity contribution in [3.63, 3.8) is 0 Å². The predicted molar refractivity (Wildman–Crippen MR) is 85.3 cm³/mol. The van der Waals surface area contributed by atoms with E-state index in [-0.39, 0.29) is 17.6 Å². The number of primary sulfonamides is 1. The highest BCUT2D eigenvalue weighted by Gasteiger charge is 2.31. The summed E-state index contributed by atoms with van der Waals surface area (Å²) in [6.07, 6.45) is 0.291. The summed E-state index contributed by atoms with van der Waals surface area (Å²) in [5, 5.41) is 5.03. The molecule has 21 heavy (non-hydrogen) atoms. The van der Waals surface area contributed by atoms with E-state index in [1.54, 1.807) is 16.7 Å². The smallest absolute Gasteiger partial charge is 0.222 e. The van der Waals surface area contributed by atoms with Crippen molar-refractivity contribution < 1.29 is 13.2 Å². The third-order valence-corrected chi connectivity index (χ3v) is 5.32. The lowest BCUT2D eigenvalue weighted by atomic mass is 10.1. The maximum Gasteiger partial charge on any atom is 0.222 e. The standard InChI is InChI=1S/C14H20N2O3S2/c15-21(18,19)11-13-8-14(17)16(9-13)6-7-20-10-12-4-2-1-3-5-12/h1-5,13H,6-11H2,(H2,15,18,19). The molecule has 1 fully saturated rings. The molecule has 1 amide bonds. The molecule has 1 aliphatic rings. The molecule has 1 aromatic carbocycles. The first-order chi connectivity index (χ1) is 9.94. The third-order valence-electron chi connectivity index (χ3n) is 3.38. The van der Waals surface area contributed by atoms with E-state index >= 15 is 0 Å². The molecule has 0 spiro atoms. The maximum atomic E-state index is 11.8. The first-order valence-corrected chi connectivity index (χ1v) is 9.71. The maximum absolute atomic E-state index is 11.8. The van der Waals surface area contributed by atoms with Gasteiger partial charge in [-0.15, -0.1) is 0 Å². The summed E-state index contributed by atoms with van der Waals surface area (Å²) in [7, 11) is -3.50. The van der Waals surface area contributed by atoms with E-state index in [9.17, 15) is 13.2 Å². The van der Waals surface area contributed by atoms with Crippen molar-refractivity contribution in [1.29, 1.82) is 0 Å². The van der Waals surface area contributed by atoms with Gasteiger partial charge in [-0.2, -0.15) is 11.8 Å². The zero-order valence-electron chi connectivity index (χ0n) is 11.8. The molecular weight excluding hydrogens is 308 g/mol. The van der Waals surface area contributed by atoms with Crippen LogP contribution in [0, 0.1) is 5.92 Å². The predicted octanol–water partition coefficient (Wildman–Crippen LogP) is 1.06. The van der Waals surface area contributed by atoms with Gasteiger partial charge in [0.05, 0.1) is 5.75 Å². The number of rotatable bonds is 7. The summed E-state index contributed by atoms with van der Waals surface area (Å²) in [5.74, 6) is 1.54. The SMILES string of the molecule is NS(=O)(=O)CC1CC(=O)N(CCSCc2ccccc2)C1. The minimum absolute atomic E-state index is 0.0314. The lowest BCUT2D eigenvalue weighted by molar-refractivity contribution is -0.127. The molecule has 0 saturated carbocycles. The van der Waals surface area contributed by atoms with Crippen LogP contribution in [0.2, 0.25) is 0 Å². The molecule has 1 heterocycles. The third kappa shape index (κ3) is 5.68. The fraction of sp³-hybridized carbons (Fsp3) is 0.500. The van der Waals surface area contributed by atoms with Crippen molar-refractivity contribution in [3.8, 4) is 0 Å². The number of amides is 1. The monoisotopic (exact) mass is 328 g/mol. The van der Waals surface area contributed by atoms with Gasteiger partial charge in [-0.1, -0.05) is 30.3 Å². The highest BCUT2D eigenvalue weighted by molar-refractivity contribution is 7.98. The van der Waals surface area contributed by atoms with Crippen LogP contribution < -0.4 is 5.14 Å². The largest absolute Gasteiger partial charge is 0.342 e. The van der Waals surface area contributed by atoms with Crippen LogP contribution in [0.3, 0.4) is 0 Å². The highest BCUT2D eigenvalue weighted by Crippen LogP contribution is 2.20. The molecule has 2 rings (SSSR count). The Morgan fingerprint density at radius 3 is 2.67 bits per heavy atom. The number of hydrogen-bond acceptors (Lipinski definition) is 4. The number of carbonyl (C=O) groups excluding carboxylic acids is 1. The first-order valence-electron chi connectivity index (χ1n) is 6.84. The first kappa shape index (κ1) is 16.3. The normalized spacial score (nSPS) is 19.2. The van der Waals surface area contributed by atoms with Crippen LogP contribution in [0.4, 0.5) is 0 Å². The molecule has 0 aliphatic carbocycles. The van der Waals surface area contributed by atoms with Crippen LogP contribution in [0.5, 0.6) is 0 Å². The number of hydrogen-bond donors (Lipinski definition) is 1. The molecule has 1 atom stereocenters. The van der Waals surface area contributed by atoms with Crippen molar-refractivity contribution >= 4 is 27.7 Å². The molecule has 0 radical (unpaired) electrons. The summed E-state index contributed by atoms with van der Waals surface area (Å²) in [5.41, 5.74) is 1.27. The van der Waals surface area contributed by atoms with E-state index in [4.69, 9.17) is 5.14 Å². The molecule has 7 heteroatoms. The summed E-state index contributed by atoms with van der Waals surface area (Å²) in [6, 6.07) is 10.2. The Kier molecular flexibility index (Phi) is 5.66. The average Bonchev–Trinajstić information content (AvgIpc) is 2.74. The average molecular weight is 328 g/mol. The number of thioether (sulfide) groups is 1. The topological polar surface area (TPSA) is 80.5 Å². The van der Waals surface area contributed by atoms with Gasteiger partial charge >= 0.3 is 0 Å². The van der Waals surface area contributed by atoms with Crippen molar-refractivity contribution in [2.45, 2.75) is 12.2 Å². The van der Waals surface area contributed by atoms with Gasteiger partial charge in [0.2, 0.25) is 15.9 Å². The van der Waals surface area contributed by atoms with Gasteiger partial charge in [0.25, 0.3) is 0 Å². The summed E-state index contributed by atoms with van der Waals surface area (Å²) in [6.45, 7) is 1.17. The fourth-order valence-electron chi connectivity index (χ4n) is 2.45. The quantitative estimate of drug-likeness (QED) is 0.759. The molecule has 5 nitrogen and oxygen atoms in total. The summed E-state index contributed by atoms with van der Waals surface area (Å²) >= 11 is 1.77. The number of sulfonamides is 1. The molecule has 0 bridgehead atoms. The van der Waals surface area contributed by atoms with Gasteiger partial charge in [-0.3, -0.25) is 4.79 Å². The van der Waals surface area contributed by atoms with Crippen LogP contribution in [-0.4, -0.2) is 43.8 Å². The Balaban J connectivity index is 1.70. The van der Waals surface area contributed by atoms with E-state index in [0.717, 1.165) is 11.5 Å². The molecule has 2 N–H and O–H groups in total. The van der Waals surface area contributed by atoms with Crippen molar-refractivity contribution in [3.05, 3.63) is 35.9 Å². The van der Waals surface area contributed by atoms with Gasteiger partial charge in [0, 0.05) is 36.9 Å². The van der Waals surface area contributed by atoms with Crippen LogP contribution in [0.25, 0.3) is 0 Å². The second-order valence-corrected chi connectivity index (χ2v) is 8.04. The number of carbonyl (C=O) groups is 1. The lowest BCUT2D eigenvalue weighted by Crippen LogP contribution is -2.29. The highest BCUT2D eigenvalue weighted by atomic mass is 32.2. The number of likely N-dealkylation sites (tertiary alicyclic amines) is 1. The zero-order valence-corrected chi connectivity index (χ0v) is 13.4. The van der Waals surface area contributed by atoms with Crippen molar-refractivity contribution in [2.75, 3.05) is 24.6 Å². The molecule has 0 aromatic heterocycles. The molecule has 1 aliphatic heterocycles. The van der Waals surface area contributed by atoms with Gasteiger partial charge < -0.3 is 4.90 Å². The summed E-state index contributed by atoms with van der Waals surface area (Å²) < 4.78 is 22.1. The number of benzene rings is 1. The van der Waals surface area contributed by atoms with Gasteiger partial charge in [0.1, 0.15) is 0 Å². The van der Waals surface area contributed by atoms with Crippen LogP contribution >= 0.6 is 11.8 Å². The molecular formula is C14H20N2O3S2. The second kappa shape index (κ2) is 7.29. The van der Waals surface area contributed by atoms with E-state index < -0.39 is 10.0 Å². The fourth-order valence-corrected chi connectivity index (χ4v) is 4.25. The molecule has 116 valence electrons. The molecule has 1 saturated heterocycles. The minimum atomic E-state index is -3.50. The molecule has 1 aromatic rings. The Morgan fingerprint density at radius 2 is 2.00 bits per heavy atom. The lowest BCUT2D eigenvalue weighted by Gasteiger charge is -2.16. The number of nitrogens with zero attached hydrogens (tertiary/aromatic N) is 1. The number of nitrogens with two attached hydrogens (primary N) is 1. The van der Waals surface area contributed by atoms with E-state index in [1.165, 1.54) is 5.56 Å². The van der Waals surface area contributed by atoms with Gasteiger partial charge in [0.15, 0.2) is 0 Å². The van der Waals surface area contributed by atoms with E-state index in [0.29, 0.717) is 19.5 Å². The van der Waals surface area contributed by atoms with Gasteiger partial charge in [-0.25, -0.2) is 13.6 Å². The van der Waals surface area contributed by atoms with Crippen molar-refractivity contribution in [2.24, 2.45) is 11.1 Å². The molecule has 1 unspecified atom stereocenters. The van der Waals surface area contributed by atoms with Gasteiger partial charge in [-0.05, 0) is 5.56 Å². The van der Waals surface area contributed by atoms with Crippen LogP contribution in [0.15, 0.2) is 30.3 Å².